The van der Waals surface area contributed by atoms with E-state index in [0.29, 0.717) is 0 Å². The molecule has 0 saturated carbocycles. The van der Waals surface area contributed by atoms with Gasteiger partial charge >= 0.3 is 5.97 Å². The normalized spacial score (nSPS) is 17.3. The van der Waals surface area contributed by atoms with Crippen molar-refractivity contribution in [2.45, 2.75) is 57.6 Å². The van der Waals surface area contributed by atoms with E-state index in [1.54, 1.807) is 0 Å². The van der Waals surface area contributed by atoms with Gasteiger partial charge in [-0.25, -0.2) is 4.79 Å². The van der Waals surface area contributed by atoms with Gasteiger partial charge in [-0.05, 0) is 6.92 Å². The Bertz CT molecular complexity index is 465. The molecule has 2 amide bonds. The third kappa shape index (κ3) is 7.17. The van der Waals surface area contributed by atoms with Gasteiger partial charge < -0.3 is 31.1 Å². The van der Waals surface area contributed by atoms with Gasteiger partial charge in [-0.15, -0.1) is 0 Å². The first-order valence-corrected chi connectivity index (χ1v) is 6.81. The molecule has 0 heterocycles. The van der Waals surface area contributed by atoms with Crippen LogP contribution in [0.25, 0.3) is 0 Å². The molecule has 0 unspecified atom stereocenters. The Balaban J connectivity index is 5.32. The molecule has 10 nitrogen and oxygen atoms in total. The van der Waals surface area contributed by atoms with Crippen molar-refractivity contribution in [1.29, 1.82) is 0 Å². The van der Waals surface area contributed by atoms with Gasteiger partial charge in [0.1, 0.15) is 0 Å². The number of carbonyl (C=O) groups excluding carboxylic acids is 3. The third-order valence-corrected chi connectivity index (χ3v) is 3.04. The van der Waals surface area contributed by atoms with Crippen LogP contribution in [0.1, 0.15) is 27.2 Å². The lowest BCUT2D eigenvalue weighted by Gasteiger charge is -2.34. The van der Waals surface area contributed by atoms with E-state index in [0.717, 1.165) is 13.8 Å². The van der Waals surface area contributed by atoms with E-state index >= 15 is 0 Å². The molecule has 132 valence electrons. The van der Waals surface area contributed by atoms with E-state index in [2.05, 4.69) is 10.6 Å². The Morgan fingerprint density at radius 1 is 0.913 bits per heavy atom. The summed E-state index contributed by atoms with van der Waals surface area (Å²) in [6, 6.07) is -2.72. The van der Waals surface area contributed by atoms with Gasteiger partial charge in [-0.1, -0.05) is 0 Å². The molecule has 23 heavy (non-hydrogen) atoms. The summed E-state index contributed by atoms with van der Waals surface area (Å²) >= 11 is 0. The number of hydrogen-bond donors (Lipinski definition) is 6. The lowest BCUT2D eigenvalue weighted by Crippen LogP contribution is -2.61. The molecule has 0 fully saturated rings. The maximum atomic E-state index is 11.2. The van der Waals surface area contributed by atoms with Crippen LogP contribution in [-0.4, -0.2) is 74.4 Å². The SMILES string of the molecule is CC(=O)N[C@@H]([C@@H](O)[C@H](NC(C)=O)[C@@H](C)O)[C@H](O)CC(=O)C(=O)O. The highest BCUT2D eigenvalue weighted by molar-refractivity contribution is 6.32. The minimum atomic E-state index is -1.77. The van der Waals surface area contributed by atoms with Crippen LogP contribution in [0.5, 0.6) is 0 Å². The molecule has 0 radical (unpaired) electrons. The lowest BCUT2D eigenvalue weighted by atomic mass is 9.92. The summed E-state index contributed by atoms with van der Waals surface area (Å²) in [6.07, 6.45) is -5.50. The van der Waals surface area contributed by atoms with Crippen molar-refractivity contribution >= 4 is 23.6 Å². The largest absolute Gasteiger partial charge is 0.475 e. The molecule has 0 bridgehead atoms. The summed E-state index contributed by atoms with van der Waals surface area (Å²) in [4.78, 5) is 44.0. The summed E-state index contributed by atoms with van der Waals surface area (Å²) in [5, 5.41) is 42.8. The number of hydrogen-bond acceptors (Lipinski definition) is 7. The number of nitrogens with one attached hydrogen (secondary N) is 2. The Labute approximate surface area is 132 Å². The zero-order chi connectivity index (χ0) is 18.3. The molecule has 0 saturated heterocycles. The second-order valence-electron chi connectivity index (χ2n) is 5.18. The fraction of sp³-hybridized carbons (Fsp3) is 0.692. The number of aliphatic carboxylic acids is 1. The monoisotopic (exact) mass is 334 g/mol. The second kappa shape index (κ2) is 9.18. The van der Waals surface area contributed by atoms with Crippen LogP contribution >= 0.6 is 0 Å². The third-order valence-electron chi connectivity index (χ3n) is 3.04. The van der Waals surface area contributed by atoms with Crippen molar-refractivity contribution in [2.24, 2.45) is 0 Å². The summed E-state index contributed by atoms with van der Waals surface area (Å²) in [5.41, 5.74) is 0. The number of carbonyl (C=O) groups is 4. The number of aliphatic hydroxyl groups excluding tert-OH is 3. The van der Waals surface area contributed by atoms with Crippen LogP contribution in [0.3, 0.4) is 0 Å². The molecule has 0 spiro atoms. The van der Waals surface area contributed by atoms with Crippen LogP contribution in [0.15, 0.2) is 0 Å². The maximum absolute atomic E-state index is 11.2. The standard InChI is InChI=1S/C13H22N2O8/c1-5(16)10(14-6(2)17)12(21)11(15-7(3)18)8(19)4-9(20)13(22)23/h5,8,10-12,16,19,21H,4H2,1-3H3,(H,14,17)(H,15,18)(H,22,23)/t5-,8-,10-,11-,12+/m1/s1. The quantitative estimate of drug-likeness (QED) is 0.244. The van der Waals surface area contributed by atoms with Gasteiger partial charge in [-0.2, -0.15) is 0 Å². The van der Waals surface area contributed by atoms with Crippen LogP contribution in [0.2, 0.25) is 0 Å². The zero-order valence-electron chi connectivity index (χ0n) is 13.0. The smallest absolute Gasteiger partial charge is 0.372 e. The van der Waals surface area contributed by atoms with Crippen molar-refractivity contribution in [3.63, 3.8) is 0 Å². The first-order valence-electron chi connectivity index (χ1n) is 6.81. The minimum Gasteiger partial charge on any atom is -0.475 e. The van der Waals surface area contributed by atoms with Crippen LogP contribution < -0.4 is 10.6 Å². The average molecular weight is 334 g/mol. The van der Waals surface area contributed by atoms with Crippen molar-refractivity contribution in [3.8, 4) is 0 Å². The number of rotatable bonds is 9. The van der Waals surface area contributed by atoms with Crippen molar-refractivity contribution in [1.82, 2.24) is 10.6 Å². The molecule has 0 aliphatic heterocycles. The minimum absolute atomic E-state index is 0.576. The molecule has 0 rings (SSSR count). The lowest BCUT2D eigenvalue weighted by molar-refractivity contribution is -0.150. The molecule has 0 aromatic carbocycles. The topological polar surface area (TPSA) is 173 Å². The van der Waals surface area contributed by atoms with E-state index in [1.165, 1.54) is 6.92 Å². The Kier molecular flexibility index (Phi) is 8.36. The second-order valence-corrected chi connectivity index (χ2v) is 5.18. The van der Waals surface area contributed by atoms with Gasteiger partial charge in [0, 0.05) is 20.3 Å². The van der Waals surface area contributed by atoms with E-state index in [-0.39, 0.29) is 0 Å². The van der Waals surface area contributed by atoms with Gasteiger partial charge in [0.25, 0.3) is 0 Å². The van der Waals surface area contributed by atoms with E-state index in [9.17, 15) is 34.5 Å². The fourth-order valence-corrected chi connectivity index (χ4v) is 2.00. The van der Waals surface area contributed by atoms with Crippen LogP contribution in [-0.2, 0) is 19.2 Å². The number of ketones is 1. The number of carboxylic acids is 1. The van der Waals surface area contributed by atoms with E-state index in [1.807, 2.05) is 0 Å². The predicted octanol–water partition coefficient (Wildman–Crippen LogP) is -2.86. The first kappa shape index (κ1) is 21.0. The van der Waals surface area contributed by atoms with Crippen LogP contribution in [0.4, 0.5) is 0 Å². The predicted molar refractivity (Wildman–Crippen MR) is 76.2 cm³/mol. The van der Waals surface area contributed by atoms with E-state index in [4.69, 9.17) is 5.11 Å². The molecule has 0 aromatic heterocycles. The van der Waals surface area contributed by atoms with Gasteiger partial charge in [0.2, 0.25) is 17.6 Å². The van der Waals surface area contributed by atoms with Crippen molar-refractivity contribution < 1.29 is 39.6 Å². The summed E-state index contributed by atoms with van der Waals surface area (Å²) < 4.78 is 0. The molecule has 0 aliphatic rings. The number of amides is 2. The highest BCUT2D eigenvalue weighted by Crippen LogP contribution is 2.12. The molecular formula is C13H22N2O8. The van der Waals surface area contributed by atoms with Crippen molar-refractivity contribution in [3.05, 3.63) is 0 Å². The Hall–Kier alpha value is -2.04. The van der Waals surface area contributed by atoms with Crippen molar-refractivity contribution in [2.75, 3.05) is 0 Å². The number of aliphatic hydroxyl groups is 3. The fourth-order valence-electron chi connectivity index (χ4n) is 2.00. The molecular weight excluding hydrogens is 312 g/mol. The highest BCUT2D eigenvalue weighted by Gasteiger charge is 2.37. The summed E-state index contributed by atoms with van der Waals surface area (Å²) in [6.45, 7) is 3.49. The average Bonchev–Trinajstić information content (AvgIpc) is 2.40. The maximum Gasteiger partial charge on any atom is 0.372 e. The molecule has 6 N–H and O–H groups in total. The highest BCUT2D eigenvalue weighted by atomic mass is 16.4. The summed E-state index contributed by atoms with van der Waals surface area (Å²) in [5.74, 6) is -4.32. The number of carboxylic acid groups (broad SMARTS) is 1. The first-order chi connectivity index (χ1) is 10.5. The molecule has 0 aromatic rings. The summed E-state index contributed by atoms with van der Waals surface area (Å²) in [7, 11) is 0. The number of Topliss-reactive ketones (excluding diaryl/α,β-unsaturated/α-hetero) is 1. The Morgan fingerprint density at radius 2 is 1.35 bits per heavy atom. The molecule has 0 aliphatic carbocycles. The molecule has 5 atom stereocenters. The van der Waals surface area contributed by atoms with Gasteiger partial charge in [0.05, 0.1) is 30.4 Å². The van der Waals surface area contributed by atoms with Gasteiger partial charge in [0.15, 0.2) is 0 Å². The van der Waals surface area contributed by atoms with Gasteiger partial charge in [-0.3, -0.25) is 14.4 Å². The van der Waals surface area contributed by atoms with Crippen LogP contribution in [0, 0.1) is 0 Å². The zero-order valence-corrected chi connectivity index (χ0v) is 13.0. The Morgan fingerprint density at radius 3 is 1.70 bits per heavy atom. The van der Waals surface area contributed by atoms with E-state index < -0.39 is 60.4 Å². The molecule has 10 heteroatoms.